The maximum atomic E-state index is 13.9. The number of carbonyl (C=O) groups is 2. The lowest BCUT2D eigenvalue weighted by Crippen LogP contribution is -2.51. The van der Waals surface area contributed by atoms with Gasteiger partial charge in [-0.1, -0.05) is 29.8 Å². The number of urea groups is 1. The highest BCUT2D eigenvalue weighted by molar-refractivity contribution is 6.31. The van der Waals surface area contributed by atoms with Gasteiger partial charge in [0.2, 0.25) is 5.91 Å². The summed E-state index contributed by atoms with van der Waals surface area (Å²) in [6.07, 6.45) is 2.02. The molecule has 0 aliphatic carbocycles. The van der Waals surface area contributed by atoms with E-state index in [0.29, 0.717) is 60.5 Å². The van der Waals surface area contributed by atoms with Crippen molar-refractivity contribution in [2.75, 3.05) is 31.5 Å². The summed E-state index contributed by atoms with van der Waals surface area (Å²) in [7, 11) is 0. The van der Waals surface area contributed by atoms with Crippen molar-refractivity contribution in [2.24, 2.45) is 0 Å². The van der Waals surface area contributed by atoms with Gasteiger partial charge in [0.1, 0.15) is 5.82 Å². The van der Waals surface area contributed by atoms with E-state index in [1.54, 1.807) is 40.1 Å². The molecule has 4 rings (SSSR count). The molecule has 0 radical (unpaired) electrons. The van der Waals surface area contributed by atoms with Gasteiger partial charge in [0.15, 0.2) is 11.7 Å². The number of hydrogen-bond donors (Lipinski definition) is 1. The summed E-state index contributed by atoms with van der Waals surface area (Å²) >= 11 is 6.11. The van der Waals surface area contributed by atoms with Crippen LogP contribution in [0, 0.1) is 12.7 Å². The van der Waals surface area contributed by atoms with Crippen LogP contribution in [0.3, 0.4) is 0 Å². The topological polar surface area (TPSA) is 78.7 Å². The van der Waals surface area contributed by atoms with Crippen LogP contribution < -0.4 is 5.32 Å². The van der Waals surface area contributed by atoms with Gasteiger partial charge in [-0.15, -0.1) is 0 Å². The van der Waals surface area contributed by atoms with E-state index in [-0.39, 0.29) is 24.2 Å². The lowest BCUT2D eigenvalue weighted by molar-refractivity contribution is -0.132. The second kappa shape index (κ2) is 10.0. The van der Waals surface area contributed by atoms with Crippen molar-refractivity contribution >= 4 is 29.2 Å². The second-order valence-electron chi connectivity index (χ2n) is 7.86. The highest BCUT2D eigenvalue weighted by atomic mass is 35.5. The summed E-state index contributed by atoms with van der Waals surface area (Å²) in [4.78, 5) is 32.7. The molecule has 33 heavy (non-hydrogen) atoms. The third-order valence-corrected chi connectivity index (χ3v) is 6.00. The first kappa shape index (κ1) is 22.8. The molecule has 9 heteroatoms. The van der Waals surface area contributed by atoms with E-state index >= 15 is 0 Å². The van der Waals surface area contributed by atoms with Crippen molar-refractivity contribution in [2.45, 2.75) is 19.8 Å². The molecule has 0 spiro atoms. The molecule has 0 bridgehead atoms. The zero-order chi connectivity index (χ0) is 23.4. The predicted octanol–water partition coefficient (Wildman–Crippen LogP) is 4.75. The summed E-state index contributed by atoms with van der Waals surface area (Å²) in [5, 5.41) is 3.43. The Bertz CT molecular complexity index is 1160. The van der Waals surface area contributed by atoms with Crippen LogP contribution in [-0.2, 0) is 11.2 Å². The lowest BCUT2D eigenvalue weighted by Gasteiger charge is -2.34. The van der Waals surface area contributed by atoms with Crippen LogP contribution in [-0.4, -0.2) is 52.9 Å². The molecular weight excluding hydrogens is 447 g/mol. The summed E-state index contributed by atoms with van der Waals surface area (Å²) in [5.74, 6) is 0.302. The molecule has 1 saturated heterocycles. The molecule has 2 heterocycles. The minimum Gasteiger partial charge on any atom is -0.441 e. The maximum Gasteiger partial charge on any atom is 0.321 e. The van der Waals surface area contributed by atoms with Gasteiger partial charge in [-0.3, -0.25) is 4.79 Å². The first-order valence-electron chi connectivity index (χ1n) is 10.7. The van der Waals surface area contributed by atoms with E-state index in [1.807, 2.05) is 13.0 Å². The number of rotatable bonds is 5. The maximum absolute atomic E-state index is 13.9. The number of nitrogens with zero attached hydrogens (tertiary/aromatic N) is 3. The van der Waals surface area contributed by atoms with E-state index in [2.05, 4.69) is 10.3 Å². The average Bonchev–Trinajstić information content (AvgIpc) is 3.29. The van der Waals surface area contributed by atoms with Gasteiger partial charge in [-0.2, -0.15) is 0 Å². The summed E-state index contributed by atoms with van der Waals surface area (Å²) in [5.41, 5.74) is 1.91. The minimum atomic E-state index is -0.386. The number of oxazole rings is 1. The Hall–Kier alpha value is -3.39. The smallest absolute Gasteiger partial charge is 0.321 e. The van der Waals surface area contributed by atoms with Gasteiger partial charge < -0.3 is 19.5 Å². The van der Waals surface area contributed by atoms with E-state index in [0.717, 1.165) is 5.56 Å². The highest BCUT2D eigenvalue weighted by Crippen LogP contribution is 2.24. The quantitative estimate of drug-likeness (QED) is 0.583. The van der Waals surface area contributed by atoms with Crippen LogP contribution in [0.2, 0.25) is 5.02 Å². The third kappa shape index (κ3) is 5.51. The van der Waals surface area contributed by atoms with Crippen molar-refractivity contribution in [3.63, 3.8) is 0 Å². The zero-order valence-electron chi connectivity index (χ0n) is 18.2. The standard InChI is InChI=1S/C24H24ClFN4O3/c1-16-6-7-17(14-19(16)25)28-24(32)30-12-10-29(11-13-30)23(31)9-8-22-27-15-21(33-22)18-4-2-3-5-20(18)26/h2-7,14-15H,8-13H2,1H3,(H,28,32). The average molecular weight is 471 g/mol. The summed E-state index contributed by atoms with van der Waals surface area (Å²) in [6, 6.07) is 11.5. The van der Waals surface area contributed by atoms with E-state index in [1.165, 1.54) is 12.3 Å². The molecule has 2 aromatic carbocycles. The number of carbonyl (C=O) groups excluding carboxylic acids is 2. The minimum absolute atomic E-state index is 0.0361. The van der Waals surface area contributed by atoms with Crippen LogP contribution in [0.5, 0.6) is 0 Å². The summed E-state index contributed by atoms with van der Waals surface area (Å²) in [6.45, 7) is 3.68. The van der Waals surface area contributed by atoms with Gasteiger partial charge >= 0.3 is 6.03 Å². The van der Waals surface area contributed by atoms with E-state index < -0.39 is 0 Å². The number of benzene rings is 2. The number of amides is 3. The van der Waals surface area contributed by atoms with Gasteiger partial charge in [-0.05, 0) is 36.8 Å². The monoisotopic (exact) mass is 470 g/mol. The highest BCUT2D eigenvalue weighted by Gasteiger charge is 2.24. The molecule has 0 unspecified atom stereocenters. The van der Waals surface area contributed by atoms with Crippen LogP contribution >= 0.6 is 11.6 Å². The molecule has 3 aromatic rings. The molecule has 0 saturated carbocycles. The van der Waals surface area contributed by atoms with Gasteiger partial charge in [0, 0.05) is 49.7 Å². The van der Waals surface area contributed by atoms with Crippen molar-refractivity contribution in [3.05, 3.63) is 71.0 Å². The van der Waals surface area contributed by atoms with Crippen molar-refractivity contribution in [1.29, 1.82) is 0 Å². The number of anilines is 1. The molecule has 172 valence electrons. The Labute approximate surface area is 196 Å². The first-order valence-corrected chi connectivity index (χ1v) is 11.1. The molecule has 1 fully saturated rings. The number of aryl methyl sites for hydroxylation is 2. The Morgan fingerprint density at radius 2 is 1.85 bits per heavy atom. The number of piperazine rings is 1. The lowest BCUT2D eigenvalue weighted by atomic mass is 10.2. The van der Waals surface area contributed by atoms with Gasteiger partial charge in [-0.25, -0.2) is 14.2 Å². The summed E-state index contributed by atoms with van der Waals surface area (Å²) < 4.78 is 19.5. The van der Waals surface area contributed by atoms with Crippen molar-refractivity contribution in [1.82, 2.24) is 14.8 Å². The van der Waals surface area contributed by atoms with Crippen LogP contribution in [0.4, 0.5) is 14.9 Å². The van der Waals surface area contributed by atoms with Crippen molar-refractivity contribution < 1.29 is 18.4 Å². The first-order chi connectivity index (χ1) is 15.9. The number of nitrogens with one attached hydrogen (secondary N) is 1. The van der Waals surface area contributed by atoms with Gasteiger partial charge in [0.25, 0.3) is 0 Å². The predicted molar refractivity (Wildman–Crippen MR) is 124 cm³/mol. The second-order valence-corrected chi connectivity index (χ2v) is 8.27. The number of hydrogen-bond acceptors (Lipinski definition) is 4. The molecule has 3 amide bonds. The Morgan fingerprint density at radius 3 is 2.58 bits per heavy atom. The number of aromatic nitrogens is 1. The Balaban J connectivity index is 1.24. The molecular formula is C24H24ClFN4O3. The fourth-order valence-electron chi connectivity index (χ4n) is 3.62. The molecule has 0 atom stereocenters. The van der Waals surface area contributed by atoms with Gasteiger partial charge in [0.05, 0.1) is 11.8 Å². The Kier molecular flexibility index (Phi) is 6.93. The number of halogens is 2. The van der Waals surface area contributed by atoms with Crippen LogP contribution in [0.1, 0.15) is 17.9 Å². The Morgan fingerprint density at radius 1 is 1.12 bits per heavy atom. The molecule has 1 aliphatic rings. The van der Waals surface area contributed by atoms with Crippen LogP contribution in [0.15, 0.2) is 53.1 Å². The zero-order valence-corrected chi connectivity index (χ0v) is 18.9. The van der Waals surface area contributed by atoms with Crippen LogP contribution in [0.25, 0.3) is 11.3 Å². The van der Waals surface area contributed by atoms with E-state index in [9.17, 15) is 14.0 Å². The molecule has 1 aromatic heterocycles. The largest absolute Gasteiger partial charge is 0.441 e. The fraction of sp³-hybridized carbons (Fsp3) is 0.292. The normalized spacial score (nSPS) is 13.8. The third-order valence-electron chi connectivity index (χ3n) is 5.59. The molecule has 7 nitrogen and oxygen atoms in total. The fourth-order valence-corrected chi connectivity index (χ4v) is 3.80. The molecule has 1 N–H and O–H groups in total. The molecule has 1 aliphatic heterocycles. The SMILES string of the molecule is Cc1ccc(NC(=O)N2CCN(C(=O)CCc3ncc(-c4ccccc4F)o3)CC2)cc1Cl. The van der Waals surface area contributed by atoms with Crippen molar-refractivity contribution in [3.8, 4) is 11.3 Å². The van der Waals surface area contributed by atoms with E-state index in [4.69, 9.17) is 16.0 Å².